The second kappa shape index (κ2) is 6.65. The number of pyridine rings is 1. The van der Waals surface area contributed by atoms with Crippen LogP contribution in [0.1, 0.15) is 44.3 Å². The van der Waals surface area contributed by atoms with Crippen LogP contribution in [0.2, 0.25) is 0 Å². The molecule has 1 aromatic rings. The Hall–Kier alpha value is -1.33. The van der Waals surface area contributed by atoms with Gasteiger partial charge in [0.25, 0.3) is 0 Å². The van der Waals surface area contributed by atoms with Crippen molar-refractivity contribution in [3.8, 4) is 5.75 Å². The molecule has 2 fully saturated rings. The van der Waals surface area contributed by atoms with E-state index >= 15 is 0 Å². The Balaban J connectivity index is 1.87. The second-order valence-electron chi connectivity index (χ2n) is 7.46. The van der Waals surface area contributed by atoms with Crippen LogP contribution in [0.25, 0.3) is 0 Å². The minimum atomic E-state index is -0.325. The van der Waals surface area contributed by atoms with Crippen molar-refractivity contribution in [3.05, 3.63) is 28.2 Å². The number of aliphatic hydroxyl groups is 1. The van der Waals surface area contributed by atoms with Crippen LogP contribution in [0, 0.1) is 17.8 Å². The van der Waals surface area contributed by atoms with E-state index in [1.54, 1.807) is 12.3 Å². The topological polar surface area (TPSA) is 65.7 Å². The Bertz CT molecular complexity index is 613. The Kier molecular flexibility index (Phi) is 4.78. The molecule has 2 aliphatic carbocycles. The third-order valence-corrected chi connectivity index (χ3v) is 5.91. The Morgan fingerprint density at radius 2 is 2.17 bits per heavy atom. The highest BCUT2D eigenvalue weighted by molar-refractivity contribution is 5.21. The van der Waals surface area contributed by atoms with Crippen LogP contribution in [-0.2, 0) is 6.54 Å². The molecule has 0 spiro atoms. The fourth-order valence-corrected chi connectivity index (χ4v) is 4.70. The van der Waals surface area contributed by atoms with E-state index in [4.69, 9.17) is 5.11 Å². The number of aromatic hydroxyl groups is 1. The average Bonchev–Trinajstić information content (AvgIpc) is 3.13. The van der Waals surface area contributed by atoms with Crippen LogP contribution < -0.4 is 5.43 Å². The summed E-state index contributed by atoms with van der Waals surface area (Å²) in [7, 11) is 1.93. The number of likely N-dealkylation sites (N-methyl/N-ethyl adjacent to an activating group) is 1. The number of aliphatic hydroxyl groups excluding tert-OH is 1. The lowest BCUT2D eigenvalue weighted by Gasteiger charge is -2.32. The van der Waals surface area contributed by atoms with Crippen molar-refractivity contribution < 1.29 is 10.2 Å². The summed E-state index contributed by atoms with van der Waals surface area (Å²) < 4.78 is 2.09. The van der Waals surface area contributed by atoms with Gasteiger partial charge in [0.05, 0.1) is 12.8 Å². The lowest BCUT2D eigenvalue weighted by Crippen LogP contribution is -2.29. The number of nitrogens with zero attached hydrogens (tertiary/aromatic N) is 2. The molecule has 2 bridgehead atoms. The first kappa shape index (κ1) is 16.5. The van der Waals surface area contributed by atoms with Gasteiger partial charge in [0.1, 0.15) is 0 Å². The first-order valence-electron chi connectivity index (χ1n) is 8.73. The van der Waals surface area contributed by atoms with Gasteiger partial charge in [0, 0.05) is 30.9 Å². The number of fused-ring (bicyclic) bond motifs is 2. The van der Waals surface area contributed by atoms with Gasteiger partial charge in [-0.1, -0.05) is 6.42 Å². The van der Waals surface area contributed by atoms with Gasteiger partial charge in [0.2, 0.25) is 5.43 Å². The normalized spacial score (nSPS) is 27.7. The van der Waals surface area contributed by atoms with Crippen molar-refractivity contribution in [3.63, 3.8) is 0 Å². The van der Waals surface area contributed by atoms with Crippen LogP contribution in [-0.4, -0.2) is 39.9 Å². The highest BCUT2D eigenvalue weighted by Gasteiger charge is 2.42. The first-order valence-corrected chi connectivity index (χ1v) is 8.73. The quantitative estimate of drug-likeness (QED) is 0.841. The van der Waals surface area contributed by atoms with Crippen molar-refractivity contribution in [2.75, 3.05) is 20.2 Å². The van der Waals surface area contributed by atoms with E-state index in [-0.39, 0.29) is 23.8 Å². The van der Waals surface area contributed by atoms with Gasteiger partial charge in [-0.05, 0) is 51.0 Å². The standard InChI is InChI=1S/C18H28N2O3/c1-12(16-8-13-3-4-14(16)7-13)20-11-18(23)17(22)9-15(20)10-19(2)5-6-21/h9,11-14,16,21,23H,3-8,10H2,1-2H3. The van der Waals surface area contributed by atoms with Gasteiger partial charge < -0.3 is 14.8 Å². The largest absolute Gasteiger partial charge is 0.503 e. The minimum absolute atomic E-state index is 0.0980. The molecule has 128 valence electrons. The molecule has 5 heteroatoms. The maximum absolute atomic E-state index is 11.9. The Morgan fingerprint density at radius 1 is 1.39 bits per heavy atom. The highest BCUT2D eigenvalue weighted by atomic mass is 16.3. The molecule has 23 heavy (non-hydrogen) atoms. The van der Waals surface area contributed by atoms with E-state index in [1.807, 2.05) is 11.9 Å². The van der Waals surface area contributed by atoms with Crippen molar-refractivity contribution in [1.82, 2.24) is 9.47 Å². The molecule has 2 saturated carbocycles. The zero-order chi connectivity index (χ0) is 16.6. The third-order valence-electron chi connectivity index (χ3n) is 5.91. The molecular weight excluding hydrogens is 292 g/mol. The van der Waals surface area contributed by atoms with Gasteiger partial charge in [-0.2, -0.15) is 0 Å². The molecule has 0 amide bonds. The summed E-state index contributed by atoms with van der Waals surface area (Å²) in [6.07, 6.45) is 6.92. The van der Waals surface area contributed by atoms with E-state index in [0.717, 1.165) is 17.5 Å². The lowest BCUT2D eigenvalue weighted by atomic mass is 9.83. The Labute approximate surface area is 137 Å². The Morgan fingerprint density at radius 3 is 2.78 bits per heavy atom. The molecular formula is C18H28N2O3. The molecule has 2 aliphatic rings. The maximum Gasteiger partial charge on any atom is 0.223 e. The molecule has 0 radical (unpaired) electrons. The molecule has 2 N–H and O–H groups in total. The van der Waals surface area contributed by atoms with Gasteiger partial charge in [-0.25, -0.2) is 0 Å². The van der Waals surface area contributed by atoms with E-state index in [9.17, 15) is 9.90 Å². The van der Waals surface area contributed by atoms with Crippen LogP contribution >= 0.6 is 0 Å². The molecule has 0 saturated heterocycles. The summed E-state index contributed by atoms with van der Waals surface area (Å²) in [6.45, 7) is 3.48. The number of hydrogen-bond donors (Lipinski definition) is 2. The minimum Gasteiger partial charge on any atom is -0.503 e. The molecule has 3 rings (SSSR count). The van der Waals surface area contributed by atoms with Crippen molar-refractivity contribution in [1.29, 1.82) is 0 Å². The molecule has 5 nitrogen and oxygen atoms in total. The zero-order valence-electron chi connectivity index (χ0n) is 14.1. The molecule has 4 atom stereocenters. The van der Waals surface area contributed by atoms with Crippen molar-refractivity contribution >= 4 is 0 Å². The smallest absolute Gasteiger partial charge is 0.223 e. The SMILES string of the molecule is CC(C1CC2CCC1C2)n1cc(O)c(=O)cc1CN(C)CCO. The number of hydrogen-bond acceptors (Lipinski definition) is 4. The van der Waals surface area contributed by atoms with Crippen LogP contribution in [0.4, 0.5) is 0 Å². The highest BCUT2D eigenvalue weighted by Crippen LogP contribution is 2.52. The summed E-state index contributed by atoms with van der Waals surface area (Å²) in [6, 6.07) is 1.83. The fraction of sp³-hybridized carbons (Fsp3) is 0.722. The van der Waals surface area contributed by atoms with Gasteiger partial charge in [-0.3, -0.25) is 9.69 Å². The summed E-state index contributed by atoms with van der Waals surface area (Å²) >= 11 is 0. The van der Waals surface area contributed by atoms with Crippen LogP contribution in [0.15, 0.2) is 17.1 Å². The maximum atomic E-state index is 11.9. The second-order valence-corrected chi connectivity index (χ2v) is 7.46. The summed E-state index contributed by atoms with van der Waals surface area (Å²) in [5, 5.41) is 19.0. The van der Waals surface area contributed by atoms with Gasteiger partial charge in [-0.15, -0.1) is 0 Å². The summed E-state index contributed by atoms with van der Waals surface area (Å²) in [5.74, 6) is 2.13. The van der Waals surface area contributed by atoms with Crippen molar-refractivity contribution in [2.45, 2.75) is 45.2 Å². The number of aromatic nitrogens is 1. The molecule has 1 aromatic heterocycles. The molecule has 0 aromatic carbocycles. The molecule has 4 unspecified atom stereocenters. The van der Waals surface area contributed by atoms with Crippen molar-refractivity contribution in [2.24, 2.45) is 17.8 Å². The van der Waals surface area contributed by atoms with E-state index in [1.165, 1.54) is 25.7 Å². The third kappa shape index (κ3) is 3.31. The van der Waals surface area contributed by atoms with Gasteiger partial charge >= 0.3 is 0 Å². The summed E-state index contributed by atoms with van der Waals surface area (Å²) in [5.41, 5.74) is 0.591. The first-order chi connectivity index (χ1) is 11.0. The van der Waals surface area contributed by atoms with E-state index in [0.29, 0.717) is 19.0 Å². The predicted molar refractivity (Wildman–Crippen MR) is 89.4 cm³/mol. The van der Waals surface area contributed by atoms with E-state index < -0.39 is 0 Å². The number of rotatable bonds is 6. The fourth-order valence-electron chi connectivity index (χ4n) is 4.70. The zero-order valence-corrected chi connectivity index (χ0v) is 14.1. The molecule has 1 heterocycles. The monoisotopic (exact) mass is 320 g/mol. The average molecular weight is 320 g/mol. The van der Waals surface area contributed by atoms with E-state index in [2.05, 4.69) is 11.5 Å². The lowest BCUT2D eigenvalue weighted by molar-refractivity contribution is 0.204. The van der Waals surface area contributed by atoms with Crippen LogP contribution in [0.3, 0.4) is 0 Å². The van der Waals surface area contributed by atoms with Crippen LogP contribution in [0.5, 0.6) is 5.75 Å². The van der Waals surface area contributed by atoms with Gasteiger partial charge in [0.15, 0.2) is 5.75 Å². The molecule has 0 aliphatic heterocycles. The summed E-state index contributed by atoms with van der Waals surface area (Å²) in [4.78, 5) is 13.9. The predicted octanol–water partition coefficient (Wildman–Crippen LogP) is 1.98.